The third-order valence-corrected chi connectivity index (χ3v) is 1.99. The molecule has 6 nitrogen and oxygen atoms in total. The Kier molecular flexibility index (Phi) is 3.39. The van der Waals surface area contributed by atoms with Crippen LogP contribution in [-0.2, 0) is 16.0 Å². The quantitative estimate of drug-likeness (QED) is 0.361. The first-order valence-corrected chi connectivity index (χ1v) is 4.25. The van der Waals surface area contributed by atoms with Crippen molar-refractivity contribution in [2.75, 3.05) is 12.8 Å². The highest BCUT2D eigenvalue weighted by molar-refractivity contribution is 5.76. The summed E-state index contributed by atoms with van der Waals surface area (Å²) in [4.78, 5) is 20.8. The smallest absolute Gasteiger partial charge is 0.310 e. The van der Waals surface area contributed by atoms with Crippen LogP contribution in [0.5, 0.6) is 0 Å². The minimum atomic E-state index is -0.855. The maximum atomic E-state index is 13.3. The molecule has 1 aromatic carbocycles. The first kappa shape index (κ1) is 11.9. The van der Waals surface area contributed by atoms with Gasteiger partial charge in [0.1, 0.15) is 11.5 Å². The second kappa shape index (κ2) is 4.56. The molecule has 0 saturated heterocycles. The Morgan fingerprint density at radius 3 is 2.75 bits per heavy atom. The van der Waals surface area contributed by atoms with E-state index >= 15 is 0 Å². The van der Waals surface area contributed by atoms with Gasteiger partial charge in [0.05, 0.1) is 24.0 Å². The van der Waals surface area contributed by atoms with E-state index < -0.39 is 28.8 Å². The Balaban J connectivity index is 3.28. The molecule has 0 bridgehead atoms. The average Bonchev–Trinajstić information content (AvgIpc) is 2.22. The highest BCUT2D eigenvalue weighted by Crippen LogP contribution is 2.28. The molecule has 16 heavy (non-hydrogen) atoms. The predicted octanol–water partition coefficient (Wildman–Crippen LogP) is 1.03. The largest absolute Gasteiger partial charge is 0.469 e. The number of nitro benzene ring substituents is 1. The molecule has 0 radical (unpaired) electrons. The summed E-state index contributed by atoms with van der Waals surface area (Å²) in [6, 6.07) is 2.05. The zero-order valence-corrected chi connectivity index (χ0v) is 8.40. The van der Waals surface area contributed by atoms with E-state index in [0.29, 0.717) is 0 Å². The van der Waals surface area contributed by atoms with E-state index in [2.05, 4.69) is 4.74 Å². The standard InChI is InChI=1S/C9H9FN2O4/c1-16-8(13)4-5-6(10)2-3-7(11)9(5)12(14)15/h2-3H,4,11H2,1H3. The first-order valence-electron chi connectivity index (χ1n) is 4.25. The Hall–Kier alpha value is -2.18. The van der Waals surface area contributed by atoms with Crippen molar-refractivity contribution >= 4 is 17.3 Å². The van der Waals surface area contributed by atoms with Crippen LogP contribution < -0.4 is 5.73 Å². The van der Waals surface area contributed by atoms with Gasteiger partial charge in [-0.3, -0.25) is 14.9 Å². The van der Waals surface area contributed by atoms with Gasteiger partial charge in [0.15, 0.2) is 0 Å². The Morgan fingerprint density at radius 1 is 1.62 bits per heavy atom. The molecule has 86 valence electrons. The molecule has 0 aliphatic rings. The van der Waals surface area contributed by atoms with Crippen LogP contribution in [0.4, 0.5) is 15.8 Å². The van der Waals surface area contributed by atoms with E-state index in [1.807, 2.05) is 0 Å². The molecule has 2 N–H and O–H groups in total. The van der Waals surface area contributed by atoms with Crippen molar-refractivity contribution in [3.63, 3.8) is 0 Å². The number of anilines is 1. The number of carbonyl (C=O) groups is 1. The number of nitrogens with zero attached hydrogens (tertiary/aromatic N) is 1. The minimum absolute atomic E-state index is 0.190. The van der Waals surface area contributed by atoms with Crippen LogP contribution in [0.3, 0.4) is 0 Å². The topological polar surface area (TPSA) is 95.5 Å². The fourth-order valence-electron chi connectivity index (χ4n) is 1.23. The number of hydrogen-bond donors (Lipinski definition) is 1. The molecule has 0 aliphatic heterocycles. The number of hydrogen-bond acceptors (Lipinski definition) is 5. The number of halogens is 1. The Labute approximate surface area is 90.0 Å². The molecule has 0 fully saturated rings. The van der Waals surface area contributed by atoms with Gasteiger partial charge in [-0.2, -0.15) is 0 Å². The van der Waals surface area contributed by atoms with Crippen molar-refractivity contribution in [2.45, 2.75) is 6.42 Å². The predicted molar refractivity (Wildman–Crippen MR) is 53.2 cm³/mol. The van der Waals surface area contributed by atoms with E-state index in [9.17, 15) is 19.3 Å². The minimum Gasteiger partial charge on any atom is -0.469 e. The van der Waals surface area contributed by atoms with Crippen LogP contribution in [0.25, 0.3) is 0 Å². The zero-order valence-electron chi connectivity index (χ0n) is 8.40. The number of nitrogens with two attached hydrogens (primary N) is 1. The summed E-state index contributed by atoms with van der Waals surface area (Å²) in [5.74, 6) is -1.63. The Bertz CT molecular complexity index is 447. The molecule has 0 aliphatic carbocycles. The molecule has 0 aromatic heterocycles. The number of nitro groups is 1. The van der Waals surface area contributed by atoms with Gasteiger partial charge in [0.2, 0.25) is 0 Å². The van der Waals surface area contributed by atoms with Crippen molar-refractivity contribution in [1.29, 1.82) is 0 Å². The van der Waals surface area contributed by atoms with Gasteiger partial charge >= 0.3 is 5.97 Å². The van der Waals surface area contributed by atoms with Crippen molar-refractivity contribution < 1.29 is 18.8 Å². The first-order chi connectivity index (χ1) is 7.47. The molecule has 1 rings (SSSR count). The monoisotopic (exact) mass is 228 g/mol. The van der Waals surface area contributed by atoms with Crippen molar-refractivity contribution in [3.8, 4) is 0 Å². The number of carbonyl (C=O) groups excluding carboxylic acids is 1. The van der Waals surface area contributed by atoms with Crippen molar-refractivity contribution in [3.05, 3.63) is 33.6 Å². The lowest BCUT2D eigenvalue weighted by Crippen LogP contribution is -2.10. The van der Waals surface area contributed by atoms with Gasteiger partial charge in [-0.05, 0) is 12.1 Å². The third-order valence-electron chi connectivity index (χ3n) is 1.99. The van der Waals surface area contributed by atoms with E-state index in [1.165, 1.54) is 0 Å². The van der Waals surface area contributed by atoms with Crippen LogP contribution in [-0.4, -0.2) is 18.0 Å². The summed E-state index contributed by atoms with van der Waals surface area (Å²) in [5.41, 5.74) is 4.20. The van der Waals surface area contributed by atoms with Gasteiger partial charge < -0.3 is 10.5 Å². The highest BCUT2D eigenvalue weighted by atomic mass is 19.1. The molecule has 0 amide bonds. The number of methoxy groups -OCH3 is 1. The third kappa shape index (κ3) is 2.25. The van der Waals surface area contributed by atoms with Crippen molar-refractivity contribution in [2.24, 2.45) is 0 Å². The lowest BCUT2D eigenvalue weighted by Gasteiger charge is -2.05. The molecule has 0 spiro atoms. The van der Waals surface area contributed by atoms with Crippen LogP contribution >= 0.6 is 0 Å². The number of nitrogen functional groups attached to an aromatic ring is 1. The van der Waals surface area contributed by atoms with Gasteiger partial charge in [-0.25, -0.2) is 4.39 Å². The lowest BCUT2D eigenvalue weighted by atomic mass is 10.1. The molecule has 0 saturated carbocycles. The number of rotatable bonds is 3. The van der Waals surface area contributed by atoms with Gasteiger partial charge in [0.25, 0.3) is 5.69 Å². The van der Waals surface area contributed by atoms with Crippen LogP contribution in [0.2, 0.25) is 0 Å². The van der Waals surface area contributed by atoms with E-state index in [1.54, 1.807) is 0 Å². The number of esters is 1. The molecular formula is C9H9FN2O4. The van der Waals surface area contributed by atoms with Crippen LogP contribution in [0.1, 0.15) is 5.56 Å². The molecule has 0 atom stereocenters. The summed E-state index contributed by atoms with van der Waals surface area (Å²) in [6.45, 7) is 0. The molecule has 0 unspecified atom stereocenters. The Morgan fingerprint density at radius 2 is 2.25 bits per heavy atom. The maximum absolute atomic E-state index is 13.3. The molecule has 7 heteroatoms. The fourth-order valence-corrected chi connectivity index (χ4v) is 1.23. The highest BCUT2D eigenvalue weighted by Gasteiger charge is 2.24. The van der Waals surface area contributed by atoms with E-state index in [4.69, 9.17) is 5.73 Å². The molecule has 1 aromatic rings. The normalized spacial score (nSPS) is 9.88. The molecule has 0 heterocycles. The SMILES string of the molecule is COC(=O)Cc1c(F)ccc(N)c1[N+](=O)[O-]. The summed E-state index contributed by atoms with van der Waals surface area (Å²) < 4.78 is 17.6. The summed E-state index contributed by atoms with van der Waals surface area (Å²) >= 11 is 0. The fraction of sp³-hybridized carbons (Fsp3) is 0.222. The van der Waals surface area contributed by atoms with Gasteiger partial charge in [-0.15, -0.1) is 0 Å². The summed E-state index contributed by atoms with van der Waals surface area (Å²) in [7, 11) is 1.11. The number of benzene rings is 1. The average molecular weight is 228 g/mol. The van der Waals surface area contributed by atoms with Gasteiger partial charge in [-0.1, -0.05) is 0 Å². The summed E-state index contributed by atoms with van der Waals surface area (Å²) in [5, 5.41) is 10.7. The van der Waals surface area contributed by atoms with Gasteiger partial charge in [0, 0.05) is 0 Å². The second-order valence-electron chi connectivity index (χ2n) is 2.97. The van der Waals surface area contributed by atoms with E-state index in [-0.39, 0.29) is 11.3 Å². The van der Waals surface area contributed by atoms with E-state index in [0.717, 1.165) is 19.2 Å². The lowest BCUT2D eigenvalue weighted by molar-refractivity contribution is -0.384. The zero-order chi connectivity index (χ0) is 12.3. The second-order valence-corrected chi connectivity index (χ2v) is 2.97. The number of ether oxygens (including phenoxy) is 1. The summed E-state index contributed by atoms with van der Waals surface area (Å²) in [6.07, 6.45) is -0.524. The molecular weight excluding hydrogens is 219 g/mol. The van der Waals surface area contributed by atoms with Crippen LogP contribution in [0, 0.1) is 15.9 Å². The maximum Gasteiger partial charge on any atom is 0.310 e. The van der Waals surface area contributed by atoms with Crippen molar-refractivity contribution in [1.82, 2.24) is 0 Å². The van der Waals surface area contributed by atoms with Crippen LogP contribution in [0.15, 0.2) is 12.1 Å².